The number of hydrogen-bond donors (Lipinski definition) is 1. The lowest BCUT2D eigenvalue weighted by Gasteiger charge is -2.23. The van der Waals surface area contributed by atoms with Crippen molar-refractivity contribution < 1.29 is 4.79 Å². The largest absolute Gasteiger partial charge is 0.380 e. The predicted octanol–water partition coefficient (Wildman–Crippen LogP) is 2.11. The summed E-state index contributed by atoms with van der Waals surface area (Å²) in [6.45, 7) is 2.68. The van der Waals surface area contributed by atoms with Crippen molar-refractivity contribution in [3.63, 3.8) is 0 Å². The highest BCUT2D eigenvalue weighted by Gasteiger charge is 2.31. The molecule has 142 valence electrons. The molecule has 7 nitrogen and oxygen atoms in total. The van der Waals surface area contributed by atoms with E-state index in [-0.39, 0.29) is 18.0 Å². The van der Waals surface area contributed by atoms with E-state index >= 15 is 0 Å². The van der Waals surface area contributed by atoms with Crippen molar-refractivity contribution in [2.75, 3.05) is 31.5 Å². The molecule has 4 rings (SSSR count). The number of nitriles is 2. The first-order valence-corrected chi connectivity index (χ1v) is 9.65. The Morgan fingerprint density at radius 1 is 1.25 bits per heavy atom. The zero-order valence-corrected chi connectivity index (χ0v) is 15.6. The van der Waals surface area contributed by atoms with Gasteiger partial charge in [-0.3, -0.25) is 14.7 Å². The third-order valence-corrected chi connectivity index (χ3v) is 5.60. The summed E-state index contributed by atoms with van der Waals surface area (Å²) in [4.78, 5) is 20.8. The van der Waals surface area contributed by atoms with Gasteiger partial charge in [0.15, 0.2) is 0 Å². The maximum atomic E-state index is 12.6. The predicted molar refractivity (Wildman–Crippen MR) is 105 cm³/mol. The second kappa shape index (κ2) is 7.84. The van der Waals surface area contributed by atoms with Crippen LogP contribution in [0.2, 0.25) is 0 Å². The molecule has 0 aliphatic carbocycles. The number of aromatic nitrogens is 1. The van der Waals surface area contributed by atoms with Crippen LogP contribution < -0.4 is 5.32 Å². The minimum Gasteiger partial charge on any atom is -0.380 e. The first kappa shape index (κ1) is 18.2. The third kappa shape index (κ3) is 3.49. The average molecular weight is 374 g/mol. The Labute approximate surface area is 164 Å². The van der Waals surface area contributed by atoms with Crippen LogP contribution in [0.3, 0.4) is 0 Å². The highest BCUT2D eigenvalue weighted by atomic mass is 16.2. The van der Waals surface area contributed by atoms with Crippen molar-refractivity contribution in [2.45, 2.75) is 31.3 Å². The molecular weight excluding hydrogens is 352 g/mol. The van der Waals surface area contributed by atoms with Gasteiger partial charge in [-0.2, -0.15) is 10.5 Å². The van der Waals surface area contributed by atoms with Gasteiger partial charge in [-0.1, -0.05) is 0 Å². The number of nitrogens with one attached hydrogen (secondary N) is 1. The fourth-order valence-corrected chi connectivity index (χ4v) is 4.18. The lowest BCUT2D eigenvalue weighted by molar-refractivity contribution is -0.132. The maximum Gasteiger partial charge on any atom is 0.237 e. The smallest absolute Gasteiger partial charge is 0.237 e. The molecule has 2 aliphatic rings. The van der Waals surface area contributed by atoms with E-state index in [1.807, 2.05) is 18.2 Å². The van der Waals surface area contributed by atoms with Crippen LogP contribution in [0.15, 0.2) is 30.5 Å². The van der Waals surface area contributed by atoms with Crippen LogP contribution >= 0.6 is 0 Å². The number of pyridine rings is 1. The summed E-state index contributed by atoms with van der Waals surface area (Å²) < 4.78 is 0. The van der Waals surface area contributed by atoms with E-state index in [0.717, 1.165) is 43.4 Å². The highest BCUT2D eigenvalue weighted by Crippen LogP contribution is 2.27. The first-order chi connectivity index (χ1) is 13.7. The molecule has 2 saturated heterocycles. The number of amides is 1. The molecule has 7 heteroatoms. The van der Waals surface area contributed by atoms with Crippen molar-refractivity contribution in [1.29, 1.82) is 10.5 Å². The molecule has 0 unspecified atom stereocenters. The average Bonchev–Trinajstić information content (AvgIpc) is 3.37. The normalized spacial score (nSPS) is 22.1. The molecule has 1 amide bonds. The Hall–Kier alpha value is -3.16. The van der Waals surface area contributed by atoms with E-state index in [0.29, 0.717) is 24.2 Å². The molecule has 0 bridgehead atoms. The van der Waals surface area contributed by atoms with Crippen molar-refractivity contribution in [2.24, 2.45) is 0 Å². The summed E-state index contributed by atoms with van der Waals surface area (Å²) in [6.07, 6.45) is 4.33. The molecule has 28 heavy (non-hydrogen) atoms. The fraction of sp³-hybridized carbons (Fsp3) is 0.429. The number of rotatable bonds is 4. The van der Waals surface area contributed by atoms with Gasteiger partial charge in [0, 0.05) is 42.9 Å². The molecule has 2 atom stereocenters. The number of nitrogens with zero attached hydrogens (tertiary/aromatic N) is 5. The van der Waals surface area contributed by atoms with Crippen LogP contribution in [0.4, 0.5) is 5.69 Å². The first-order valence-electron chi connectivity index (χ1n) is 9.65. The van der Waals surface area contributed by atoms with Gasteiger partial charge in [-0.05, 0) is 43.5 Å². The molecule has 3 heterocycles. The number of carbonyl (C=O) groups is 1. The van der Waals surface area contributed by atoms with E-state index < -0.39 is 0 Å². The van der Waals surface area contributed by atoms with Crippen LogP contribution in [0.1, 0.15) is 24.8 Å². The van der Waals surface area contributed by atoms with E-state index in [2.05, 4.69) is 27.3 Å². The van der Waals surface area contributed by atoms with Crippen molar-refractivity contribution in [3.05, 3.63) is 36.0 Å². The van der Waals surface area contributed by atoms with Gasteiger partial charge in [-0.25, -0.2) is 0 Å². The lowest BCUT2D eigenvalue weighted by Crippen LogP contribution is -2.42. The minimum absolute atomic E-state index is 0.0534. The van der Waals surface area contributed by atoms with E-state index in [9.17, 15) is 15.3 Å². The van der Waals surface area contributed by atoms with Crippen LogP contribution in [0, 0.1) is 22.7 Å². The number of carbonyl (C=O) groups excluding carboxylic acids is 1. The molecule has 1 aromatic carbocycles. The van der Waals surface area contributed by atoms with Crippen molar-refractivity contribution in [1.82, 2.24) is 14.8 Å². The zero-order chi connectivity index (χ0) is 19.5. The van der Waals surface area contributed by atoms with Crippen LogP contribution in [0.25, 0.3) is 10.9 Å². The Morgan fingerprint density at radius 2 is 2.14 bits per heavy atom. The van der Waals surface area contributed by atoms with Crippen molar-refractivity contribution in [3.8, 4) is 12.1 Å². The van der Waals surface area contributed by atoms with Gasteiger partial charge in [0.1, 0.15) is 12.1 Å². The van der Waals surface area contributed by atoms with E-state index in [1.54, 1.807) is 17.2 Å². The van der Waals surface area contributed by atoms with Crippen molar-refractivity contribution >= 4 is 22.5 Å². The highest BCUT2D eigenvalue weighted by molar-refractivity contribution is 5.94. The monoisotopic (exact) mass is 374 g/mol. The number of anilines is 1. The van der Waals surface area contributed by atoms with E-state index in [1.165, 1.54) is 0 Å². The quantitative estimate of drug-likeness (QED) is 0.880. The molecule has 2 aromatic rings. The molecule has 1 aromatic heterocycles. The van der Waals surface area contributed by atoms with Crippen LogP contribution in [-0.4, -0.2) is 59.0 Å². The number of hydrogen-bond acceptors (Lipinski definition) is 6. The third-order valence-electron chi connectivity index (χ3n) is 5.60. The topological polar surface area (TPSA) is 96.0 Å². The summed E-state index contributed by atoms with van der Waals surface area (Å²) in [7, 11) is 0. The Kier molecular flexibility index (Phi) is 5.10. The summed E-state index contributed by atoms with van der Waals surface area (Å²) >= 11 is 0. The molecule has 0 spiro atoms. The van der Waals surface area contributed by atoms with Crippen LogP contribution in [-0.2, 0) is 4.79 Å². The van der Waals surface area contributed by atoms with Gasteiger partial charge in [-0.15, -0.1) is 0 Å². The summed E-state index contributed by atoms with van der Waals surface area (Å²) in [5.74, 6) is 0.0534. The Morgan fingerprint density at radius 3 is 2.96 bits per heavy atom. The molecular formula is C21H22N6O. The second-order valence-electron chi connectivity index (χ2n) is 7.41. The second-order valence-corrected chi connectivity index (χ2v) is 7.41. The SMILES string of the molecule is N#Cc1ccc(N[C@H]2CCN(CC(=O)N3CCC[C@H]3C#N)C2)c2cccnc12. The Balaban J connectivity index is 1.41. The van der Waals surface area contributed by atoms with Gasteiger partial charge in [0.2, 0.25) is 5.91 Å². The molecule has 1 N–H and O–H groups in total. The minimum atomic E-state index is -0.262. The molecule has 2 aliphatic heterocycles. The summed E-state index contributed by atoms with van der Waals surface area (Å²) in [5, 5.41) is 23.0. The van der Waals surface area contributed by atoms with Gasteiger partial charge in [0.05, 0.1) is 23.7 Å². The van der Waals surface area contributed by atoms with Gasteiger partial charge < -0.3 is 10.2 Å². The summed E-state index contributed by atoms with van der Waals surface area (Å²) in [6, 6.07) is 12.0. The van der Waals surface area contributed by atoms with Gasteiger partial charge in [0.25, 0.3) is 0 Å². The Bertz CT molecular complexity index is 975. The fourth-order valence-electron chi connectivity index (χ4n) is 4.18. The summed E-state index contributed by atoms with van der Waals surface area (Å²) in [5.41, 5.74) is 2.23. The number of fused-ring (bicyclic) bond motifs is 1. The standard InChI is InChI=1S/C21H22N6O/c22-11-15-5-6-19(18-4-1-8-24-21(15)18)25-16-7-10-26(13-16)14-20(28)27-9-2-3-17(27)12-23/h1,4-6,8,16-17,25H,2-3,7,9-10,13-14H2/t16-,17-/m0/s1. The molecule has 0 radical (unpaired) electrons. The number of benzene rings is 1. The lowest BCUT2D eigenvalue weighted by atomic mass is 10.1. The zero-order valence-electron chi connectivity index (χ0n) is 15.6. The van der Waals surface area contributed by atoms with E-state index in [4.69, 9.17) is 0 Å². The molecule has 2 fully saturated rings. The number of likely N-dealkylation sites (tertiary alicyclic amines) is 2. The maximum absolute atomic E-state index is 12.6. The van der Waals surface area contributed by atoms with Crippen LogP contribution in [0.5, 0.6) is 0 Å². The molecule has 0 saturated carbocycles. The van der Waals surface area contributed by atoms with Gasteiger partial charge >= 0.3 is 0 Å².